The predicted octanol–water partition coefficient (Wildman–Crippen LogP) is -0.761. The number of rotatable bonds is 0. The molecule has 0 aliphatic heterocycles. The van der Waals surface area contributed by atoms with Crippen LogP contribution in [0, 0.1) is 0 Å². The van der Waals surface area contributed by atoms with Crippen LogP contribution in [-0.4, -0.2) is 0 Å². The maximum atomic E-state index is 4.54. The largest absolute Gasteiger partial charge is 0.269 e. The Kier molecular flexibility index (Phi) is 156. The molecule has 0 fully saturated rings. The summed E-state index contributed by atoms with van der Waals surface area (Å²) in [7, 11) is 0. The average molecular weight is 168 g/mol. The zero-order chi connectivity index (χ0) is 5.41. The van der Waals surface area contributed by atoms with Crippen LogP contribution < -0.4 is 20.6 Å². The minimum Gasteiger partial charge on any atom is -0.269 e. The molecule has 0 unspecified atom stereocenters. The van der Waals surface area contributed by atoms with Gasteiger partial charge in [0.2, 0.25) is 0 Å². The van der Waals surface area contributed by atoms with E-state index in [4.69, 9.17) is 0 Å². The molecule has 8 heteroatoms. The van der Waals surface area contributed by atoms with Gasteiger partial charge in [0.1, 0.15) is 0 Å². The van der Waals surface area contributed by atoms with Gasteiger partial charge in [-0.3, -0.25) is 30.0 Å². The highest BCUT2D eigenvalue weighted by Gasteiger charge is 1.29. The molecule has 0 rings (SSSR count). The summed E-state index contributed by atoms with van der Waals surface area (Å²) in [5, 5.41) is 18.2. The van der Waals surface area contributed by atoms with Crippen molar-refractivity contribution in [1.82, 2.24) is 0 Å². The summed E-state index contributed by atoms with van der Waals surface area (Å²) in [6.45, 7) is 0. The normalized spacial score (nSPS) is 4.50. The van der Waals surface area contributed by atoms with Crippen molar-refractivity contribution in [3.63, 3.8) is 0 Å². The van der Waals surface area contributed by atoms with Crippen LogP contribution in [0.15, 0.2) is 0 Å². The first-order valence-corrected chi connectivity index (χ1v) is 2.83. The molecule has 0 aromatic carbocycles. The quantitative estimate of drug-likeness (QED) is 0.354. The summed E-state index contributed by atoms with van der Waals surface area (Å²) in [5.74, 6) is 0. The molecular formula is H10F2N4S2. The third kappa shape index (κ3) is 1170. The minimum absolute atomic E-state index is 0. The molecule has 8 heavy (non-hydrogen) atoms. The van der Waals surface area contributed by atoms with E-state index in [2.05, 4.69) is 20.6 Å². The summed E-state index contributed by atoms with van der Waals surface area (Å²) in [4.78, 5) is 0. The number of nitrogens with two attached hydrogens (primary N) is 4. The number of halogens is 2. The van der Waals surface area contributed by atoms with Crippen molar-refractivity contribution in [2.75, 3.05) is 0 Å². The first-order chi connectivity index (χ1) is 2.83. The number of hydrogen-bond acceptors (Lipinski definition) is 6. The third-order valence-electron chi connectivity index (χ3n) is 0. The first kappa shape index (κ1) is 23.8. The zero-order valence-corrected chi connectivity index (χ0v) is 5.58. The van der Waals surface area contributed by atoms with Gasteiger partial charge in [-0.05, 0) is 24.3 Å². The SMILES string of the molecule is F.F.NSN.NSN. The maximum absolute atomic E-state index is 4.54. The van der Waals surface area contributed by atoms with Crippen LogP contribution in [0.2, 0.25) is 0 Å². The molecule has 0 bridgehead atoms. The van der Waals surface area contributed by atoms with E-state index in [1.54, 1.807) is 0 Å². The van der Waals surface area contributed by atoms with Gasteiger partial charge in [-0.25, -0.2) is 0 Å². The highest BCUT2D eigenvalue weighted by atomic mass is 32.2. The second-order valence-electron chi connectivity index (χ2n) is 0.272. The van der Waals surface area contributed by atoms with Crippen LogP contribution in [0.4, 0.5) is 9.41 Å². The van der Waals surface area contributed by atoms with Gasteiger partial charge in [0.15, 0.2) is 0 Å². The van der Waals surface area contributed by atoms with E-state index in [-0.39, 0.29) is 9.41 Å². The minimum atomic E-state index is 0. The second-order valence-corrected chi connectivity index (χ2v) is 0.816. The Morgan fingerprint density at radius 3 is 0.625 bits per heavy atom. The molecule has 56 valence electrons. The van der Waals surface area contributed by atoms with Gasteiger partial charge in [0, 0.05) is 0 Å². The monoisotopic (exact) mass is 168 g/mol. The fourth-order valence-electron chi connectivity index (χ4n) is 0. The molecule has 8 N–H and O–H groups in total. The van der Waals surface area contributed by atoms with Gasteiger partial charge < -0.3 is 0 Å². The van der Waals surface area contributed by atoms with Gasteiger partial charge >= 0.3 is 0 Å². The van der Waals surface area contributed by atoms with Crippen LogP contribution in [0.25, 0.3) is 0 Å². The molecule has 0 aliphatic rings. The van der Waals surface area contributed by atoms with Crippen LogP contribution in [-0.2, 0) is 0 Å². The molecule has 0 heterocycles. The Morgan fingerprint density at radius 2 is 0.625 bits per heavy atom. The Balaban J connectivity index is -0.0000000160. The highest BCUT2D eigenvalue weighted by Crippen LogP contribution is 1.46. The average Bonchev–Trinajstić information content (AvgIpc) is 1.39. The van der Waals surface area contributed by atoms with Crippen LogP contribution in [0.5, 0.6) is 0 Å². The molecule has 0 saturated carbocycles. The van der Waals surface area contributed by atoms with E-state index in [9.17, 15) is 0 Å². The second kappa shape index (κ2) is 52.6. The summed E-state index contributed by atoms with van der Waals surface area (Å²) in [6, 6.07) is 0. The topological polar surface area (TPSA) is 104 Å². The Bertz CT molecular complexity index is 14.0. The highest BCUT2D eigenvalue weighted by molar-refractivity contribution is 7.94. The Morgan fingerprint density at radius 1 is 0.625 bits per heavy atom. The first-order valence-electron chi connectivity index (χ1n) is 0.943. The van der Waals surface area contributed by atoms with E-state index in [1.807, 2.05) is 0 Å². The molecule has 0 radical (unpaired) electrons. The molecule has 0 saturated heterocycles. The van der Waals surface area contributed by atoms with Crippen molar-refractivity contribution >= 4 is 24.3 Å². The lowest BCUT2D eigenvalue weighted by Gasteiger charge is -1.55. The fraction of sp³-hybridized carbons (Fsp3) is 0. The van der Waals surface area contributed by atoms with Crippen molar-refractivity contribution in [3.05, 3.63) is 0 Å². The molecular weight excluding hydrogens is 158 g/mol. The summed E-state index contributed by atoms with van der Waals surface area (Å²) in [5.41, 5.74) is 0. The van der Waals surface area contributed by atoms with Gasteiger partial charge in [-0.1, -0.05) is 0 Å². The summed E-state index contributed by atoms with van der Waals surface area (Å²) < 4.78 is 0. The molecule has 0 spiro atoms. The zero-order valence-electron chi connectivity index (χ0n) is 3.94. The fourth-order valence-corrected chi connectivity index (χ4v) is 0. The smallest absolute Gasteiger partial charge is 0.00297 e. The third-order valence-corrected chi connectivity index (χ3v) is 0. The van der Waals surface area contributed by atoms with E-state index < -0.39 is 0 Å². The number of hydrogen-bond donors (Lipinski definition) is 4. The molecule has 0 aromatic rings. The van der Waals surface area contributed by atoms with E-state index >= 15 is 0 Å². The van der Waals surface area contributed by atoms with Gasteiger partial charge in [-0.15, -0.1) is 0 Å². The Hall–Kier alpha value is 0.400. The summed E-state index contributed by atoms with van der Waals surface area (Å²) >= 11 is 1.50. The van der Waals surface area contributed by atoms with Gasteiger partial charge in [0.25, 0.3) is 0 Å². The van der Waals surface area contributed by atoms with Crippen molar-refractivity contribution < 1.29 is 9.41 Å². The van der Waals surface area contributed by atoms with Crippen molar-refractivity contribution in [2.45, 2.75) is 0 Å². The molecule has 0 amide bonds. The van der Waals surface area contributed by atoms with E-state index in [1.165, 1.54) is 0 Å². The molecule has 0 aliphatic carbocycles. The van der Waals surface area contributed by atoms with Gasteiger partial charge in [-0.2, -0.15) is 0 Å². The molecule has 4 nitrogen and oxygen atoms in total. The van der Waals surface area contributed by atoms with Gasteiger partial charge in [0.05, 0.1) is 0 Å². The lowest BCUT2D eigenvalue weighted by molar-refractivity contribution is 1.11. The van der Waals surface area contributed by atoms with Crippen molar-refractivity contribution in [1.29, 1.82) is 0 Å². The standard InChI is InChI=1S/2FH.2H4N2S/c;;2*1-3-2/h2*1H;2*1-2H2. The maximum Gasteiger partial charge on any atom is -0.00297 e. The van der Waals surface area contributed by atoms with Crippen LogP contribution in [0.3, 0.4) is 0 Å². The van der Waals surface area contributed by atoms with E-state index in [0.29, 0.717) is 0 Å². The summed E-state index contributed by atoms with van der Waals surface area (Å²) in [6.07, 6.45) is 0. The van der Waals surface area contributed by atoms with Crippen molar-refractivity contribution in [2.24, 2.45) is 20.6 Å². The predicted molar refractivity (Wildman–Crippen MR) is 36.9 cm³/mol. The molecule has 0 aromatic heterocycles. The lowest BCUT2D eigenvalue weighted by Crippen LogP contribution is -1.83. The Labute approximate surface area is 55.0 Å². The van der Waals surface area contributed by atoms with E-state index in [0.717, 1.165) is 24.3 Å². The van der Waals surface area contributed by atoms with Crippen LogP contribution >= 0.6 is 24.3 Å². The van der Waals surface area contributed by atoms with Crippen molar-refractivity contribution in [3.8, 4) is 0 Å². The van der Waals surface area contributed by atoms with Crippen LogP contribution in [0.1, 0.15) is 0 Å². The lowest BCUT2D eigenvalue weighted by atomic mass is 13.9. The molecule has 0 atom stereocenters.